The molecule has 0 radical (unpaired) electrons. The highest BCUT2D eigenvalue weighted by Gasteiger charge is 2.39. The van der Waals surface area contributed by atoms with Gasteiger partial charge in [-0.1, -0.05) is 32.6 Å². The predicted molar refractivity (Wildman–Crippen MR) is 74.1 cm³/mol. The van der Waals surface area contributed by atoms with Crippen LogP contribution in [-0.4, -0.2) is 28.0 Å². The number of rotatable bonds is 8. The zero-order chi connectivity index (χ0) is 12.6. The molecule has 1 aliphatic carbocycles. The van der Waals surface area contributed by atoms with E-state index in [1.165, 1.54) is 32.1 Å². The van der Waals surface area contributed by atoms with E-state index in [1.54, 1.807) is 0 Å². The molecule has 0 amide bonds. The van der Waals surface area contributed by atoms with E-state index in [4.69, 9.17) is 8.85 Å². The van der Waals surface area contributed by atoms with Crippen LogP contribution in [-0.2, 0) is 8.85 Å². The molecular weight excluding hydrogens is 230 g/mol. The van der Waals surface area contributed by atoms with Gasteiger partial charge in [-0.2, -0.15) is 0 Å². The lowest BCUT2D eigenvalue weighted by atomic mass is 9.96. The van der Waals surface area contributed by atoms with Gasteiger partial charge in [0.15, 0.2) is 0 Å². The fourth-order valence-electron chi connectivity index (χ4n) is 2.69. The predicted octanol–water partition coefficient (Wildman–Crippen LogP) is 3.33. The van der Waals surface area contributed by atoms with Crippen LogP contribution in [0.3, 0.4) is 0 Å². The number of nitrogens with one attached hydrogen (secondary N) is 1. The molecule has 0 heterocycles. The summed E-state index contributed by atoms with van der Waals surface area (Å²) < 4.78 is 12.0. The van der Waals surface area contributed by atoms with Crippen LogP contribution in [0, 0.1) is 0 Å². The first-order valence-electron chi connectivity index (χ1n) is 7.32. The smallest absolute Gasteiger partial charge is 0.383 e. The molecule has 0 aliphatic heterocycles. The van der Waals surface area contributed by atoms with Gasteiger partial charge in [-0.15, -0.1) is 0 Å². The quantitative estimate of drug-likeness (QED) is 0.678. The zero-order valence-electron chi connectivity index (χ0n) is 11.8. The topological polar surface area (TPSA) is 30.5 Å². The minimum absolute atomic E-state index is 0.625. The van der Waals surface area contributed by atoms with Crippen LogP contribution in [0.2, 0.25) is 6.04 Å². The Morgan fingerprint density at radius 3 is 2.06 bits per heavy atom. The van der Waals surface area contributed by atoms with Crippen LogP contribution >= 0.6 is 0 Å². The van der Waals surface area contributed by atoms with Gasteiger partial charge in [-0.05, 0) is 26.7 Å². The van der Waals surface area contributed by atoms with Gasteiger partial charge in [0.2, 0.25) is 0 Å². The highest BCUT2D eigenvalue weighted by Crippen LogP contribution is 2.22. The third-order valence-corrected chi connectivity index (χ3v) is 6.88. The molecular formula is C13H29NO2Si. The van der Waals surface area contributed by atoms with E-state index in [0.29, 0.717) is 6.04 Å². The second-order valence-corrected chi connectivity index (χ2v) is 7.72. The Bertz CT molecular complexity index is 179. The molecule has 1 saturated carbocycles. The second-order valence-electron chi connectivity index (χ2n) is 4.85. The average molecular weight is 259 g/mol. The van der Waals surface area contributed by atoms with Gasteiger partial charge in [-0.25, -0.2) is 0 Å². The lowest BCUT2D eigenvalue weighted by Gasteiger charge is -2.35. The monoisotopic (exact) mass is 259 g/mol. The summed E-state index contributed by atoms with van der Waals surface area (Å²) in [6.07, 6.45) is 7.81. The van der Waals surface area contributed by atoms with Crippen molar-refractivity contribution in [1.29, 1.82) is 0 Å². The molecule has 0 unspecified atom stereocenters. The Morgan fingerprint density at radius 2 is 1.59 bits per heavy atom. The molecule has 0 aromatic heterocycles. The van der Waals surface area contributed by atoms with Gasteiger partial charge in [0.1, 0.15) is 0 Å². The summed E-state index contributed by atoms with van der Waals surface area (Å²) in [6.45, 7) is 7.86. The van der Waals surface area contributed by atoms with Crippen molar-refractivity contribution in [2.45, 2.75) is 71.4 Å². The van der Waals surface area contributed by atoms with Crippen molar-refractivity contribution in [3.05, 3.63) is 0 Å². The summed E-state index contributed by atoms with van der Waals surface area (Å²) in [5.74, 6) is 0. The summed E-state index contributed by atoms with van der Waals surface area (Å²) >= 11 is 0. The summed E-state index contributed by atoms with van der Waals surface area (Å²) in [5.41, 5.74) is 0. The Hall–Kier alpha value is 0.0969. The van der Waals surface area contributed by atoms with Crippen LogP contribution in [0.1, 0.15) is 59.3 Å². The summed E-state index contributed by atoms with van der Waals surface area (Å²) in [7, 11) is -2.13. The van der Waals surface area contributed by atoms with E-state index in [9.17, 15) is 0 Å². The van der Waals surface area contributed by atoms with Crippen LogP contribution in [0.5, 0.6) is 0 Å². The molecule has 102 valence electrons. The summed E-state index contributed by atoms with van der Waals surface area (Å²) in [6, 6.07) is 1.69. The van der Waals surface area contributed by atoms with Crippen LogP contribution < -0.4 is 4.98 Å². The fourth-order valence-corrected chi connectivity index (χ4v) is 5.88. The Balaban J connectivity index is 2.57. The Labute approximate surface area is 108 Å². The molecule has 0 spiro atoms. The van der Waals surface area contributed by atoms with Crippen LogP contribution in [0.25, 0.3) is 0 Å². The standard InChI is InChI=1S/C13H29NO2Si/c1-4-12-17(15-5-2,16-6-3)14-13-10-8-7-9-11-13/h13-14H,4-12H2,1-3H3. The molecule has 1 aliphatic rings. The lowest BCUT2D eigenvalue weighted by molar-refractivity contribution is 0.162. The molecule has 17 heavy (non-hydrogen) atoms. The molecule has 0 aromatic rings. The van der Waals surface area contributed by atoms with Gasteiger partial charge >= 0.3 is 8.72 Å². The first kappa shape index (κ1) is 15.2. The molecule has 3 nitrogen and oxygen atoms in total. The normalized spacial score (nSPS) is 18.5. The molecule has 1 N–H and O–H groups in total. The van der Waals surface area contributed by atoms with Crippen LogP contribution in [0.4, 0.5) is 0 Å². The highest BCUT2D eigenvalue weighted by atomic mass is 28.4. The fraction of sp³-hybridized carbons (Fsp3) is 1.00. The maximum atomic E-state index is 6.02. The van der Waals surface area contributed by atoms with E-state index in [0.717, 1.165) is 25.7 Å². The molecule has 4 heteroatoms. The third-order valence-electron chi connectivity index (χ3n) is 3.36. The SMILES string of the molecule is CCC[Si](NC1CCCCC1)(OCC)OCC. The summed E-state index contributed by atoms with van der Waals surface area (Å²) in [4.78, 5) is 3.77. The average Bonchev–Trinajstić information content (AvgIpc) is 2.31. The molecule has 1 rings (SSSR count). The van der Waals surface area contributed by atoms with Crippen LogP contribution in [0.15, 0.2) is 0 Å². The Kier molecular flexibility index (Phi) is 7.35. The molecule has 0 saturated heterocycles. The van der Waals surface area contributed by atoms with E-state index < -0.39 is 8.72 Å². The second kappa shape index (κ2) is 8.24. The van der Waals surface area contributed by atoms with Crippen molar-refractivity contribution in [3.63, 3.8) is 0 Å². The molecule has 0 atom stereocenters. The van der Waals surface area contributed by atoms with E-state index in [1.807, 2.05) is 0 Å². The first-order chi connectivity index (χ1) is 8.26. The van der Waals surface area contributed by atoms with Gasteiger partial charge in [-0.3, -0.25) is 4.98 Å². The first-order valence-corrected chi connectivity index (χ1v) is 9.34. The molecule has 1 fully saturated rings. The van der Waals surface area contributed by atoms with E-state index >= 15 is 0 Å². The third kappa shape index (κ3) is 5.08. The van der Waals surface area contributed by atoms with Crippen molar-refractivity contribution in [2.24, 2.45) is 0 Å². The van der Waals surface area contributed by atoms with Gasteiger partial charge in [0, 0.05) is 25.3 Å². The minimum Gasteiger partial charge on any atom is -0.383 e. The Morgan fingerprint density at radius 1 is 1.00 bits per heavy atom. The van der Waals surface area contributed by atoms with E-state index in [-0.39, 0.29) is 0 Å². The van der Waals surface area contributed by atoms with Crippen molar-refractivity contribution in [3.8, 4) is 0 Å². The van der Waals surface area contributed by atoms with Gasteiger partial charge < -0.3 is 8.85 Å². The van der Waals surface area contributed by atoms with Gasteiger partial charge in [0.05, 0.1) is 0 Å². The number of hydrogen-bond acceptors (Lipinski definition) is 3. The lowest BCUT2D eigenvalue weighted by Crippen LogP contribution is -2.60. The summed E-state index contributed by atoms with van der Waals surface area (Å²) in [5, 5.41) is 0. The minimum atomic E-state index is -2.13. The maximum absolute atomic E-state index is 6.02. The van der Waals surface area contributed by atoms with Crippen molar-refractivity contribution < 1.29 is 8.85 Å². The maximum Gasteiger partial charge on any atom is 0.425 e. The van der Waals surface area contributed by atoms with Crippen molar-refractivity contribution >= 4 is 8.72 Å². The zero-order valence-corrected chi connectivity index (χ0v) is 12.8. The van der Waals surface area contributed by atoms with E-state index in [2.05, 4.69) is 25.8 Å². The highest BCUT2D eigenvalue weighted by molar-refractivity contribution is 6.64. The largest absolute Gasteiger partial charge is 0.425 e. The van der Waals surface area contributed by atoms with Crippen molar-refractivity contribution in [1.82, 2.24) is 4.98 Å². The molecule has 0 aromatic carbocycles. The molecule has 0 bridgehead atoms. The van der Waals surface area contributed by atoms with Crippen molar-refractivity contribution in [2.75, 3.05) is 13.2 Å². The number of hydrogen-bond donors (Lipinski definition) is 1. The van der Waals surface area contributed by atoms with Gasteiger partial charge in [0.25, 0.3) is 0 Å².